The lowest BCUT2D eigenvalue weighted by Gasteiger charge is -2.35. The summed E-state index contributed by atoms with van der Waals surface area (Å²) in [5, 5.41) is 0. The first-order valence-electron chi connectivity index (χ1n) is 8.79. The standard InChI is InChI=1S/C19H25N3O2/c1-3-24-19(23)12-15-8-6-7-11-22(15)13-18-14(2)20-16-9-4-5-10-17(16)21-18/h4-5,9-10,15H,3,6-8,11-13H2,1-2H3/t15-/m0/s1. The van der Waals surface area contributed by atoms with Crippen LogP contribution in [0.15, 0.2) is 24.3 Å². The first kappa shape index (κ1) is 16.8. The number of para-hydroxylation sites is 2. The maximum atomic E-state index is 11.9. The second-order valence-corrected chi connectivity index (χ2v) is 6.37. The molecule has 1 saturated heterocycles. The van der Waals surface area contributed by atoms with Gasteiger partial charge in [-0.2, -0.15) is 0 Å². The van der Waals surface area contributed by atoms with Crippen LogP contribution in [0.25, 0.3) is 11.0 Å². The molecule has 1 aromatic carbocycles. The first-order chi connectivity index (χ1) is 11.7. The second-order valence-electron chi connectivity index (χ2n) is 6.37. The van der Waals surface area contributed by atoms with Crippen LogP contribution in [-0.4, -0.2) is 40.0 Å². The SMILES string of the molecule is CCOC(=O)C[C@@H]1CCCCN1Cc1nc2ccccc2nc1C. The molecule has 0 aliphatic carbocycles. The normalized spacial score (nSPS) is 18.7. The summed E-state index contributed by atoms with van der Waals surface area (Å²) in [6, 6.07) is 8.20. The molecule has 0 amide bonds. The molecular weight excluding hydrogens is 302 g/mol. The number of esters is 1. The molecule has 1 atom stereocenters. The zero-order valence-electron chi connectivity index (χ0n) is 14.5. The smallest absolute Gasteiger partial charge is 0.307 e. The van der Waals surface area contributed by atoms with Crippen LogP contribution in [0, 0.1) is 6.92 Å². The van der Waals surface area contributed by atoms with Gasteiger partial charge < -0.3 is 4.74 Å². The largest absolute Gasteiger partial charge is 0.466 e. The molecule has 3 rings (SSSR count). The highest BCUT2D eigenvalue weighted by atomic mass is 16.5. The summed E-state index contributed by atoms with van der Waals surface area (Å²) in [7, 11) is 0. The van der Waals surface area contributed by atoms with E-state index in [9.17, 15) is 4.79 Å². The van der Waals surface area contributed by atoms with Gasteiger partial charge in [0, 0.05) is 12.6 Å². The van der Waals surface area contributed by atoms with Crippen LogP contribution < -0.4 is 0 Å². The summed E-state index contributed by atoms with van der Waals surface area (Å²) in [6.07, 6.45) is 3.84. The molecule has 0 unspecified atom stereocenters. The Morgan fingerprint density at radius 3 is 2.75 bits per heavy atom. The van der Waals surface area contributed by atoms with Crippen molar-refractivity contribution in [2.45, 2.75) is 52.1 Å². The van der Waals surface area contributed by atoms with Crippen molar-refractivity contribution in [3.8, 4) is 0 Å². The van der Waals surface area contributed by atoms with E-state index in [0.717, 1.165) is 41.9 Å². The minimum Gasteiger partial charge on any atom is -0.466 e. The summed E-state index contributed by atoms with van der Waals surface area (Å²) in [5.41, 5.74) is 3.83. The lowest BCUT2D eigenvalue weighted by molar-refractivity contribution is -0.145. The fourth-order valence-corrected chi connectivity index (χ4v) is 3.38. The Hall–Kier alpha value is -2.01. The van der Waals surface area contributed by atoms with E-state index < -0.39 is 0 Å². The molecule has 128 valence electrons. The molecule has 0 bridgehead atoms. The lowest BCUT2D eigenvalue weighted by Crippen LogP contribution is -2.40. The van der Waals surface area contributed by atoms with Crippen molar-refractivity contribution < 1.29 is 9.53 Å². The minimum atomic E-state index is -0.101. The topological polar surface area (TPSA) is 55.3 Å². The van der Waals surface area contributed by atoms with Crippen molar-refractivity contribution in [1.82, 2.24) is 14.9 Å². The Labute approximate surface area is 143 Å². The number of aromatic nitrogens is 2. The summed E-state index contributed by atoms with van der Waals surface area (Å²) in [6.45, 7) is 6.05. The number of rotatable bonds is 5. The molecule has 5 heteroatoms. The third-order valence-electron chi connectivity index (χ3n) is 4.65. The van der Waals surface area contributed by atoms with Crippen LogP contribution in [0.5, 0.6) is 0 Å². The molecule has 2 heterocycles. The van der Waals surface area contributed by atoms with Crippen LogP contribution in [0.4, 0.5) is 0 Å². The lowest BCUT2D eigenvalue weighted by atomic mass is 9.99. The Morgan fingerprint density at radius 1 is 1.25 bits per heavy atom. The van der Waals surface area contributed by atoms with Crippen molar-refractivity contribution in [2.24, 2.45) is 0 Å². The van der Waals surface area contributed by atoms with Gasteiger partial charge >= 0.3 is 5.97 Å². The molecule has 1 aliphatic rings. The molecule has 0 radical (unpaired) electrons. The number of hydrogen-bond donors (Lipinski definition) is 0. The van der Waals surface area contributed by atoms with Crippen LogP contribution in [0.1, 0.15) is 44.0 Å². The molecule has 1 aliphatic heterocycles. The van der Waals surface area contributed by atoms with Crippen molar-refractivity contribution in [1.29, 1.82) is 0 Å². The number of likely N-dealkylation sites (tertiary alicyclic amines) is 1. The number of ether oxygens (including phenoxy) is 1. The number of carbonyl (C=O) groups is 1. The fourth-order valence-electron chi connectivity index (χ4n) is 3.38. The van der Waals surface area contributed by atoms with E-state index in [-0.39, 0.29) is 12.0 Å². The second kappa shape index (κ2) is 7.71. The molecular formula is C19H25N3O2. The van der Waals surface area contributed by atoms with Gasteiger partial charge in [-0.25, -0.2) is 9.97 Å². The molecule has 0 saturated carbocycles. The van der Waals surface area contributed by atoms with Gasteiger partial charge in [-0.3, -0.25) is 9.69 Å². The fraction of sp³-hybridized carbons (Fsp3) is 0.526. The number of piperidine rings is 1. The third-order valence-corrected chi connectivity index (χ3v) is 4.65. The number of carbonyl (C=O) groups excluding carboxylic acids is 1. The van der Waals surface area contributed by atoms with Crippen molar-refractivity contribution in [2.75, 3.05) is 13.2 Å². The monoisotopic (exact) mass is 327 g/mol. The molecule has 0 spiro atoms. The quantitative estimate of drug-likeness (QED) is 0.789. The van der Waals surface area contributed by atoms with Gasteiger partial charge in [-0.05, 0) is 45.4 Å². The van der Waals surface area contributed by atoms with Gasteiger partial charge in [0.1, 0.15) is 0 Å². The van der Waals surface area contributed by atoms with Gasteiger partial charge in [-0.15, -0.1) is 0 Å². The highest BCUT2D eigenvalue weighted by molar-refractivity contribution is 5.74. The maximum absolute atomic E-state index is 11.9. The number of benzene rings is 1. The molecule has 2 aromatic rings. The number of fused-ring (bicyclic) bond motifs is 1. The summed E-state index contributed by atoms with van der Waals surface area (Å²) < 4.78 is 5.13. The van der Waals surface area contributed by atoms with Crippen LogP contribution in [-0.2, 0) is 16.1 Å². The van der Waals surface area contributed by atoms with Crippen molar-refractivity contribution in [3.63, 3.8) is 0 Å². The Morgan fingerprint density at radius 2 is 2.00 bits per heavy atom. The molecule has 24 heavy (non-hydrogen) atoms. The number of hydrogen-bond acceptors (Lipinski definition) is 5. The maximum Gasteiger partial charge on any atom is 0.307 e. The Balaban J connectivity index is 1.77. The van der Waals surface area contributed by atoms with E-state index in [1.54, 1.807) is 0 Å². The van der Waals surface area contributed by atoms with Gasteiger partial charge in [0.2, 0.25) is 0 Å². The third kappa shape index (κ3) is 3.90. The highest BCUT2D eigenvalue weighted by Crippen LogP contribution is 2.23. The molecule has 0 N–H and O–H groups in total. The average Bonchev–Trinajstić information content (AvgIpc) is 2.57. The number of aryl methyl sites for hydroxylation is 1. The van der Waals surface area contributed by atoms with Gasteiger partial charge in [0.25, 0.3) is 0 Å². The Bertz CT molecular complexity index is 717. The summed E-state index contributed by atoms with van der Waals surface area (Å²) in [4.78, 5) is 23.7. The van der Waals surface area contributed by atoms with Crippen molar-refractivity contribution in [3.05, 3.63) is 35.7 Å². The minimum absolute atomic E-state index is 0.101. The van der Waals surface area contributed by atoms with E-state index >= 15 is 0 Å². The molecule has 1 aromatic heterocycles. The zero-order valence-corrected chi connectivity index (χ0v) is 14.5. The predicted octanol–water partition coefficient (Wildman–Crippen LogP) is 3.25. The van der Waals surface area contributed by atoms with Crippen molar-refractivity contribution >= 4 is 17.0 Å². The molecule has 1 fully saturated rings. The average molecular weight is 327 g/mol. The van der Waals surface area contributed by atoms with Crippen LogP contribution in [0.2, 0.25) is 0 Å². The van der Waals surface area contributed by atoms with E-state index in [2.05, 4.69) is 9.88 Å². The van der Waals surface area contributed by atoms with E-state index in [0.29, 0.717) is 13.0 Å². The van der Waals surface area contributed by atoms with E-state index in [4.69, 9.17) is 9.72 Å². The highest BCUT2D eigenvalue weighted by Gasteiger charge is 2.26. The zero-order chi connectivity index (χ0) is 16.9. The van der Waals surface area contributed by atoms with E-state index in [1.807, 2.05) is 38.1 Å². The Kier molecular flexibility index (Phi) is 5.41. The van der Waals surface area contributed by atoms with Gasteiger partial charge in [0.05, 0.1) is 35.4 Å². The number of nitrogens with zero attached hydrogens (tertiary/aromatic N) is 3. The summed E-state index contributed by atoms with van der Waals surface area (Å²) >= 11 is 0. The first-order valence-corrected chi connectivity index (χ1v) is 8.79. The van der Waals surface area contributed by atoms with Crippen LogP contribution in [0.3, 0.4) is 0 Å². The predicted molar refractivity (Wildman–Crippen MR) is 93.6 cm³/mol. The van der Waals surface area contributed by atoms with E-state index in [1.165, 1.54) is 12.8 Å². The molecule has 5 nitrogen and oxygen atoms in total. The van der Waals surface area contributed by atoms with Gasteiger partial charge in [0.15, 0.2) is 0 Å². The van der Waals surface area contributed by atoms with Crippen LogP contribution >= 0.6 is 0 Å². The summed E-state index contributed by atoms with van der Waals surface area (Å²) in [5.74, 6) is -0.101. The van der Waals surface area contributed by atoms with Gasteiger partial charge in [-0.1, -0.05) is 18.6 Å².